The van der Waals surface area contributed by atoms with Crippen molar-refractivity contribution in [3.05, 3.63) is 29.3 Å². The van der Waals surface area contributed by atoms with Crippen LogP contribution >= 0.6 is 0 Å². The minimum absolute atomic E-state index is 0.0747. The van der Waals surface area contributed by atoms with Gasteiger partial charge in [-0.15, -0.1) is 0 Å². The summed E-state index contributed by atoms with van der Waals surface area (Å²) in [5.74, 6) is 0.487. The fourth-order valence-electron chi connectivity index (χ4n) is 1.61. The van der Waals surface area contributed by atoms with Crippen molar-refractivity contribution in [3.8, 4) is 5.75 Å². The summed E-state index contributed by atoms with van der Waals surface area (Å²) in [5, 5.41) is 0. The third-order valence-corrected chi connectivity index (χ3v) is 2.87. The molecule has 0 radical (unpaired) electrons. The van der Waals surface area contributed by atoms with Crippen molar-refractivity contribution < 1.29 is 14.3 Å². The van der Waals surface area contributed by atoms with Gasteiger partial charge in [-0.25, -0.2) is 4.79 Å². The molecule has 1 atom stereocenters. The molecule has 0 aromatic heterocycles. The van der Waals surface area contributed by atoms with Gasteiger partial charge in [-0.3, -0.25) is 0 Å². The molecule has 0 aliphatic carbocycles. The van der Waals surface area contributed by atoms with Gasteiger partial charge in [-0.2, -0.15) is 0 Å². The molecule has 0 aliphatic heterocycles. The van der Waals surface area contributed by atoms with Crippen LogP contribution in [0.1, 0.15) is 31.9 Å². The third kappa shape index (κ3) is 3.76. The molecule has 1 aromatic carbocycles. The smallest absolute Gasteiger partial charge is 0.347 e. The van der Waals surface area contributed by atoms with Crippen LogP contribution < -0.4 is 4.74 Å². The quantitative estimate of drug-likeness (QED) is 0.752. The van der Waals surface area contributed by atoms with E-state index in [0.29, 0.717) is 12.4 Å². The molecule has 1 unspecified atom stereocenters. The van der Waals surface area contributed by atoms with Crippen LogP contribution in [0, 0.1) is 19.8 Å². The molecular formula is C15H22O3. The number of hydrogen-bond acceptors (Lipinski definition) is 3. The van der Waals surface area contributed by atoms with Crippen LogP contribution in [0.5, 0.6) is 5.75 Å². The molecular weight excluding hydrogens is 228 g/mol. The number of hydrogen-bond donors (Lipinski definition) is 0. The molecule has 0 fully saturated rings. The van der Waals surface area contributed by atoms with Crippen molar-refractivity contribution in [1.82, 2.24) is 0 Å². The zero-order chi connectivity index (χ0) is 13.7. The lowest BCUT2D eigenvalue weighted by Gasteiger charge is -2.21. The topological polar surface area (TPSA) is 35.5 Å². The molecule has 0 spiro atoms. The summed E-state index contributed by atoms with van der Waals surface area (Å²) >= 11 is 0. The van der Waals surface area contributed by atoms with Gasteiger partial charge in [-0.1, -0.05) is 19.9 Å². The monoisotopic (exact) mass is 250 g/mol. The van der Waals surface area contributed by atoms with Crippen molar-refractivity contribution in [2.45, 2.75) is 40.7 Å². The molecule has 18 heavy (non-hydrogen) atoms. The van der Waals surface area contributed by atoms with Crippen LogP contribution in [-0.2, 0) is 9.53 Å². The lowest BCUT2D eigenvalue weighted by Crippen LogP contribution is -2.34. The van der Waals surface area contributed by atoms with E-state index >= 15 is 0 Å². The molecule has 0 aliphatic rings. The van der Waals surface area contributed by atoms with E-state index in [1.54, 1.807) is 6.92 Å². The molecule has 0 saturated heterocycles. The average Bonchev–Trinajstić information content (AvgIpc) is 2.30. The number of carbonyl (C=O) groups is 1. The number of carbonyl (C=O) groups excluding carboxylic acids is 1. The second kappa shape index (κ2) is 6.43. The number of aryl methyl sites for hydroxylation is 2. The van der Waals surface area contributed by atoms with Crippen LogP contribution in [0.3, 0.4) is 0 Å². The lowest BCUT2D eigenvalue weighted by atomic mass is 10.1. The third-order valence-electron chi connectivity index (χ3n) is 2.87. The molecule has 0 amide bonds. The molecule has 3 nitrogen and oxygen atoms in total. The van der Waals surface area contributed by atoms with Crippen molar-refractivity contribution in [2.24, 2.45) is 5.92 Å². The first-order chi connectivity index (χ1) is 8.45. The summed E-state index contributed by atoms with van der Waals surface area (Å²) < 4.78 is 10.8. The second-order valence-corrected chi connectivity index (χ2v) is 4.78. The average molecular weight is 250 g/mol. The summed E-state index contributed by atoms with van der Waals surface area (Å²) in [7, 11) is 0. The maximum Gasteiger partial charge on any atom is 0.347 e. The molecule has 1 rings (SSSR count). The van der Waals surface area contributed by atoms with E-state index in [0.717, 1.165) is 5.56 Å². The Kier molecular flexibility index (Phi) is 5.20. The predicted octanol–water partition coefficient (Wildman–Crippen LogP) is 3.27. The Morgan fingerprint density at radius 2 is 1.89 bits per heavy atom. The summed E-state index contributed by atoms with van der Waals surface area (Å²) in [5.41, 5.74) is 2.36. The van der Waals surface area contributed by atoms with Gasteiger partial charge in [0.05, 0.1) is 6.61 Å². The summed E-state index contributed by atoms with van der Waals surface area (Å²) in [6, 6.07) is 5.83. The van der Waals surface area contributed by atoms with E-state index in [-0.39, 0.29) is 11.9 Å². The van der Waals surface area contributed by atoms with Crippen molar-refractivity contribution >= 4 is 5.97 Å². The molecule has 100 valence electrons. The van der Waals surface area contributed by atoms with E-state index in [9.17, 15) is 4.79 Å². The van der Waals surface area contributed by atoms with Crippen LogP contribution in [-0.4, -0.2) is 18.7 Å². The Hall–Kier alpha value is -1.51. The zero-order valence-electron chi connectivity index (χ0n) is 11.8. The first-order valence-corrected chi connectivity index (χ1v) is 6.36. The molecule has 0 heterocycles. The van der Waals surface area contributed by atoms with Gasteiger partial charge < -0.3 is 9.47 Å². The van der Waals surface area contributed by atoms with Crippen LogP contribution in [0.15, 0.2) is 18.2 Å². The molecule has 3 heteroatoms. The second-order valence-electron chi connectivity index (χ2n) is 4.78. The number of ether oxygens (including phenoxy) is 2. The Labute approximate surface area is 109 Å². The maximum absolute atomic E-state index is 11.8. The van der Waals surface area contributed by atoms with Crippen molar-refractivity contribution in [3.63, 3.8) is 0 Å². The van der Waals surface area contributed by atoms with Crippen LogP contribution in [0.4, 0.5) is 0 Å². The van der Waals surface area contributed by atoms with Gasteiger partial charge >= 0.3 is 5.97 Å². The highest BCUT2D eigenvalue weighted by molar-refractivity contribution is 5.75. The van der Waals surface area contributed by atoms with Gasteiger partial charge in [-0.05, 0) is 44.0 Å². The highest BCUT2D eigenvalue weighted by Crippen LogP contribution is 2.20. The normalized spacial score (nSPS) is 12.3. The minimum Gasteiger partial charge on any atom is -0.478 e. The number of rotatable bonds is 5. The molecule has 1 aromatic rings. The van der Waals surface area contributed by atoms with Crippen LogP contribution in [0.2, 0.25) is 0 Å². The first-order valence-electron chi connectivity index (χ1n) is 6.36. The van der Waals surface area contributed by atoms with E-state index in [1.165, 1.54) is 5.56 Å². The van der Waals surface area contributed by atoms with Gasteiger partial charge in [0.2, 0.25) is 0 Å². The van der Waals surface area contributed by atoms with E-state index < -0.39 is 6.10 Å². The number of esters is 1. The van der Waals surface area contributed by atoms with Crippen LogP contribution in [0.25, 0.3) is 0 Å². The SMILES string of the molecule is CCOC(=O)C(Oc1ccc(C)c(C)c1)C(C)C. The predicted molar refractivity (Wildman–Crippen MR) is 71.8 cm³/mol. The Morgan fingerprint density at radius 3 is 2.39 bits per heavy atom. The van der Waals surface area contributed by atoms with E-state index in [4.69, 9.17) is 9.47 Å². The van der Waals surface area contributed by atoms with E-state index in [2.05, 4.69) is 0 Å². The maximum atomic E-state index is 11.8. The minimum atomic E-state index is -0.549. The van der Waals surface area contributed by atoms with Gasteiger partial charge in [0.1, 0.15) is 5.75 Å². The Morgan fingerprint density at radius 1 is 1.22 bits per heavy atom. The fourth-order valence-corrected chi connectivity index (χ4v) is 1.61. The van der Waals surface area contributed by atoms with Gasteiger partial charge in [0, 0.05) is 5.92 Å². The lowest BCUT2D eigenvalue weighted by molar-refractivity contribution is -0.153. The fraction of sp³-hybridized carbons (Fsp3) is 0.533. The molecule has 0 saturated carbocycles. The first kappa shape index (κ1) is 14.6. The highest BCUT2D eigenvalue weighted by Gasteiger charge is 2.25. The highest BCUT2D eigenvalue weighted by atomic mass is 16.6. The molecule has 0 bridgehead atoms. The zero-order valence-corrected chi connectivity index (χ0v) is 11.8. The Bertz CT molecular complexity index is 410. The Balaban J connectivity index is 2.83. The summed E-state index contributed by atoms with van der Waals surface area (Å²) in [6.07, 6.45) is -0.549. The summed E-state index contributed by atoms with van der Waals surface area (Å²) in [6.45, 7) is 10.1. The van der Waals surface area contributed by atoms with E-state index in [1.807, 2.05) is 45.9 Å². The van der Waals surface area contributed by atoms with Gasteiger partial charge in [0.25, 0.3) is 0 Å². The van der Waals surface area contributed by atoms with Gasteiger partial charge in [0.15, 0.2) is 6.10 Å². The van der Waals surface area contributed by atoms with Crippen molar-refractivity contribution in [2.75, 3.05) is 6.61 Å². The van der Waals surface area contributed by atoms with Crippen molar-refractivity contribution in [1.29, 1.82) is 0 Å². The standard InChI is InChI=1S/C15H22O3/c1-6-17-15(16)14(10(2)3)18-13-8-7-11(4)12(5)9-13/h7-10,14H,6H2,1-5H3. The number of benzene rings is 1. The summed E-state index contributed by atoms with van der Waals surface area (Å²) in [4.78, 5) is 11.8. The largest absolute Gasteiger partial charge is 0.478 e. The molecule has 0 N–H and O–H groups in total.